The van der Waals surface area contributed by atoms with Gasteiger partial charge in [-0.2, -0.15) is 0 Å². The van der Waals surface area contributed by atoms with Crippen LogP contribution in [-0.2, 0) is 6.42 Å². The molecule has 1 atom stereocenters. The van der Waals surface area contributed by atoms with Crippen molar-refractivity contribution < 1.29 is 0 Å². The van der Waals surface area contributed by atoms with Crippen LogP contribution in [0.2, 0.25) is 0 Å². The topological polar surface area (TPSA) is 50.9 Å². The second kappa shape index (κ2) is 5.21. The number of nitrogens with zero attached hydrogens (tertiary/aromatic N) is 1. The van der Waals surface area contributed by atoms with E-state index < -0.39 is 0 Å². The second-order valence-electron chi connectivity index (χ2n) is 4.91. The highest BCUT2D eigenvalue weighted by Crippen LogP contribution is 2.33. The molecule has 0 saturated heterocycles. The van der Waals surface area contributed by atoms with E-state index in [2.05, 4.69) is 38.4 Å². The maximum absolute atomic E-state index is 5.86. The average Bonchev–Trinajstić information content (AvgIpc) is 2.41. The van der Waals surface area contributed by atoms with E-state index in [1.807, 2.05) is 24.4 Å². The van der Waals surface area contributed by atoms with Gasteiger partial charge in [0.2, 0.25) is 0 Å². The van der Waals surface area contributed by atoms with Crippen LogP contribution in [0.25, 0.3) is 0 Å². The van der Waals surface area contributed by atoms with Crippen LogP contribution in [0.3, 0.4) is 0 Å². The lowest BCUT2D eigenvalue weighted by molar-refractivity contribution is 0.599. The Morgan fingerprint density at radius 2 is 2.16 bits per heavy atom. The third-order valence-corrected chi connectivity index (χ3v) is 4.00. The summed E-state index contributed by atoms with van der Waals surface area (Å²) in [5.74, 6) is 0.915. The van der Waals surface area contributed by atoms with Crippen molar-refractivity contribution in [2.75, 3.05) is 11.1 Å². The number of halogens is 1. The molecule has 4 heteroatoms. The van der Waals surface area contributed by atoms with E-state index >= 15 is 0 Å². The Balaban J connectivity index is 1.85. The lowest BCUT2D eigenvalue weighted by Gasteiger charge is -2.27. The van der Waals surface area contributed by atoms with Crippen molar-refractivity contribution in [3.05, 3.63) is 52.1 Å². The van der Waals surface area contributed by atoms with Crippen molar-refractivity contribution in [2.45, 2.75) is 25.3 Å². The summed E-state index contributed by atoms with van der Waals surface area (Å²) in [7, 11) is 0. The predicted molar refractivity (Wildman–Crippen MR) is 82.1 cm³/mol. The van der Waals surface area contributed by atoms with Gasteiger partial charge in [0.15, 0.2) is 0 Å². The monoisotopic (exact) mass is 317 g/mol. The number of fused-ring (bicyclic) bond motifs is 1. The summed E-state index contributed by atoms with van der Waals surface area (Å²) in [5, 5.41) is 3.51. The van der Waals surface area contributed by atoms with E-state index in [4.69, 9.17) is 5.73 Å². The fraction of sp³-hybridized carbons (Fsp3) is 0.267. The fourth-order valence-electron chi connectivity index (χ4n) is 2.62. The first-order chi connectivity index (χ1) is 9.22. The van der Waals surface area contributed by atoms with Gasteiger partial charge in [-0.15, -0.1) is 0 Å². The minimum atomic E-state index is 0.332. The van der Waals surface area contributed by atoms with Gasteiger partial charge in [0.1, 0.15) is 5.82 Å². The third kappa shape index (κ3) is 2.73. The molecule has 3 nitrogen and oxygen atoms in total. The van der Waals surface area contributed by atoms with Crippen LogP contribution in [0, 0.1) is 0 Å². The lowest BCUT2D eigenvalue weighted by Crippen LogP contribution is -2.18. The molecule has 98 valence electrons. The number of pyridine rings is 1. The van der Waals surface area contributed by atoms with E-state index in [1.165, 1.54) is 17.5 Å². The van der Waals surface area contributed by atoms with E-state index in [1.54, 1.807) is 0 Å². The van der Waals surface area contributed by atoms with Crippen LogP contribution >= 0.6 is 15.9 Å². The molecule has 1 aromatic heterocycles. The number of aryl methyl sites for hydroxylation is 1. The Bertz CT molecular complexity index is 580. The zero-order chi connectivity index (χ0) is 13.2. The molecule has 0 aliphatic heterocycles. The van der Waals surface area contributed by atoms with E-state index in [0.29, 0.717) is 6.04 Å². The molecule has 3 N–H and O–H groups in total. The molecule has 0 fully saturated rings. The molecule has 1 aromatic carbocycles. The Morgan fingerprint density at radius 3 is 2.95 bits per heavy atom. The summed E-state index contributed by atoms with van der Waals surface area (Å²) in [6, 6.07) is 10.5. The number of benzene rings is 1. The fourth-order valence-corrected chi connectivity index (χ4v) is 2.86. The third-order valence-electron chi connectivity index (χ3n) is 3.53. The van der Waals surface area contributed by atoms with Crippen LogP contribution in [0.1, 0.15) is 30.0 Å². The molecular formula is C15H16BrN3. The van der Waals surface area contributed by atoms with Gasteiger partial charge in [0, 0.05) is 16.4 Å². The van der Waals surface area contributed by atoms with Crippen LogP contribution in [0.4, 0.5) is 11.5 Å². The molecule has 1 unspecified atom stereocenters. The minimum Gasteiger partial charge on any atom is -0.399 e. The lowest BCUT2D eigenvalue weighted by atomic mass is 9.87. The minimum absolute atomic E-state index is 0.332. The van der Waals surface area contributed by atoms with Gasteiger partial charge < -0.3 is 11.1 Å². The van der Waals surface area contributed by atoms with Crippen LogP contribution in [0.15, 0.2) is 41.0 Å². The first-order valence-corrected chi connectivity index (χ1v) is 7.28. The van der Waals surface area contributed by atoms with Gasteiger partial charge >= 0.3 is 0 Å². The maximum Gasteiger partial charge on any atom is 0.126 e. The van der Waals surface area contributed by atoms with E-state index in [-0.39, 0.29) is 0 Å². The van der Waals surface area contributed by atoms with Crippen molar-refractivity contribution in [1.29, 1.82) is 0 Å². The van der Waals surface area contributed by atoms with Gasteiger partial charge in [-0.3, -0.25) is 0 Å². The molecular weight excluding hydrogens is 302 g/mol. The van der Waals surface area contributed by atoms with Crippen LogP contribution < -0.4 is 11.1 Å². The number of nitrogens with two attached hydrogens (primary N) is 1. The largest absolute Gasteiger partial charge is 0.399 e. The highest BCUT2D eigenvalue weighted by atomic mass is 79.9. The summed E-state index contributed by atoms with van der Waals surface area (Å²) in [6.07, 6.45) is 5.25. The molecule has 1 heterocycles. The molecule has 1 aliphatic carbocycles. The van der Waals surface area contributed by atoms with Crippen molar-refractivity contribution in [3.63, 3.8) is 0 Å². The first-order valence-electron chi connectivity index (χ1n) is 6.49. The molecule has 19 heavy (non-hydrogen) atoms. The number of nitrogens with one attached hydrogen (secondary N) is 1. The Kier molecular flexibility index (Phi) is 3.42. The molecule has 0 radical (unpaired) electrons. The summed E-state index contributed by atoms with van der Waals surface area (Å²) in [5.41, 5.74) is 9.42. The summed E-state index contributed by atoms with van der Waals surface area (Å²) in [4.78, 5) is 4.38. The smallest absolute Gasteiger partial charge is 0.126 e. The zero-order valence-corrected chi connectivity index (χ0v) is 12.2. The number of rotatable bonds is 2. The second-order valence-corrected chi connectivity index (χ2v) is 5.82. The molecule has 0 amide bonds. The van der Waals surface area contributed by atoms with Crippen LogP contribution in [0.5, 0.6) is 0 Å². The standard InChI is InChI=1S/C15H16BrN3/c16-11-4-7-15(18-9-11)19-14-3-1-2-10-8-12(17)5-6-13(10)14/h4-9,14H,1-3,17H2,(H,18,19). The molecule has 0 spiro atoms. The normalized spacial score (nSPS) is 17.8. The van der Waals surface area contributed by atoms with Gasteiger partial charge in [-0.05, 0) is 70.6 Å². The van der Waals surface area contributed by atoms with Gasteiger partial charge in [-0.25, -0.2) is 4.98 Å². The maximum atomic E-state index is 5.86. The highest BCUT2D eigenvalue weighted by Gasteiger charge is 2.20. The van der Waals surface area contributed by atoms with Gasteiger partial charge in [0.25, 0.3) is 0 Å². The quantitative estimate of drug-likeness (QED) is 0.825. The SMILES string of the molecule is Nc1ccc2c(c1)CCCC2Nc1ccc(Br)cn1. The number of nitrogen functional groups attached to an aromatic ring is 1. The number of hydrogen-bond donors (Lipinski definition) is 2. The van der Waals surface area contributed by atoms with Gasteiger partial charge in [-0.1, -0.05) is 6.07 Å². The number of hydrogen-bond acceptors (Lipinski definition) is 3. The number of aromatic nitrogens is 1. The van der Waals surface area contributed by atoms with Crippen molar-refractivity contribution in [1.82, 2.24) is 4.98 Å². The van der Waals surface area contributed by atoms with Crippen molar-refractivity contribution >= 4 is 27.4 Å². The van der Waals surface area contributed by atoms with E-state index in [9.17, 15) is 0 Å². The molecule has 0 bridgehead atoms. The molecule has 0 saturated carbocycles. The van der Waals surface area contributed by atoms with Gasteiger partial charge in [0.05, 0.1) is 6.04 Å². The summed E-state index contributed by atoms with van der Waals surface area (Å²) in [6.45, 7) is 0. The zero-order valence-electron chi connectivity index (χ0n) is 10.6. The van der Waals surface area contributed by atoms with Crippen LogP contribution in [-0.4, -0.2) is 4.98 Å². The first kappa shape index (κ1) is 12.5. The van der Waals surface area contributed by atoms with E-state index in [0.717, 1.165) is 28.8 Å². The Morgan fingerprint density at radius 1 is 1.26 bits per heavy atom. The van der Waals surface area contributed by atoms with Crippen molar-refractivity contribution in [3.8, 4) is 0 Å². The Hall–Kier alpha value is -1.55. The Labute approximate surface area is 121 Å². The molecule has 1 aliphatic rings. The summed E-state index contributed by atoms with van der Waals surface area (Å²) < 4.78 is 0.995. The number of anilines is 2. The summed E-state index contributed by atoms with van der Waals surface area (Å²) >= 11 is 3.40. The van der Waals surface area contributed by atoms with Crippen molar-refractivity contribution in [2.24, 2.45) is 0 Å². The molecule has 3 rings (SSSR count). The highest BCUT2D eigenvalue weighted by molar-refractivity contribution is 9.10. The molecule has 2 aromatic rings. The average molecular weight is 318 g/mol. The predicted octanol–water partition coefficient (Wildman–Crippen LogP) is 3.92.